The first-order valence-electron chi connectivity index (χ1n) is 10.4. The Labute approximate surface area is 195 Å². The van der Waals surface area contributed by atoms with Gasteiger partial charge in [-0.25, -0.2) is 9.79 Å². The Kier molecular flexibility index (Phi) is 6.42. The summed E-state index contributed by atoms with van der Waals surface area (Å²) in [4.78, 5) is 31.7. The fourth-order valence-electron chi connectivity index (χ4n) is 3.71. The second-order valence-electron chi connectivity index (χ2n) is 7.65. The van der Waals surface area contributed by atoms with Gasteiger partial charge in [0.05, 0.1) is 29.0 Å². The Morgan fingerprint density at radius 1 is 1.15 bits per heavy atom. The van der Waals surface area contributed by atoms with Crippen molar-refractivity contribution in [2.24, 2.45) is 4.99 Å². The fraction of sp³-hybridized carbons (Fsp3) is 0.192. The lowest BCUT2D eigenvalue weighted by Gasteiger charge is -2.24. The highest BCUT2D eigenvalue weighted by atomic mass is 32.1. The van der Waals surface area contributed by atoms with Gasteiger partial charge >= 0.3 is 5.97 Å². The molecule has 1 atom stereocenters. The third kappa shape index (κ3) is 4.45. The number of esters is 1. The Balaban J connectivity index is 1.91. The summed E-state index contributed by atoms with van der Waals surface area (Å²) in [6.45, 7) is 7.45. The molecule has 2 heterocycles. The van der Waals surface area contributed by atoms with E-state index in [1.165, 1.54) is 17.4 Å². The summed E-state index contributed by atoms with van der Waals surface area (Å²) < 4.78 is 12.7. The molecule has 7 heteroatoms. The van der Waals surface area contributed by atoms with E-state index in [0.29, 0.717) is 26.4 Å². The summed E-state index contributed by atoms with van der Waals surface area (Å²) in [5.41, 5.74) is 3.48. The van der Waals surface area contributed by atoms with Crippen LogP contribution in [-0.2, 0) is 9.53 Å². The highest BCUT2D eigenvalue weighted by Gasteiger charge is 2.33. The van der Waals surface area contributed by atoms with Gasteiger partial charge in [-0.15, -0.1) is 0 Å². The number of benzene rings is 2. The smallest absolute Gasteiger partial charge is 0.338 e. The number of aryl methyl sites for hydroxylation is 1. The Morgan fingerprint density at radius 2 is 1.85 bits per heavy atom. The molecule has 0 radical (unpaired) electrons. The van der Waals surface area contributed by atoms with E-state index in [1.54, 1.807) is 30.7 Å². The molecule has 0 saturated carbocycles. The van der Waals surface area contributed by atoms with E-state index in [4.69, 9.17) is 9.47 Å². The van der Waals surface area contributed by atoms with E-state index in [1.807, 2.05) is 49.4 Å². The zero-order valence-electron chi connectivity index (χ0n) is 18.7. The summed E-state index contributed by atoms with van der Waals surface area (Å²) in [7, 11) is 1.59. The van der Waals surface area contributed by atoms with Gasteiger partial charge in [-0.3, -0.25) is 9.36 Å². The number of rotatable bonds is 6. The van der Waals surface area contributed by atoms with Crippen molar-refractivity contribution < 1.29 is 14.3 Å². The molecular weight excluding hydrogens is 436 g/mol. The van der Waals surface area contributed by atoms with Crippen molar-refractivity contribution in [2.45, 2.75) is 19.9 Å². The number of ether oxygens (including phenoxy) is 2. The summed E-state index contributed by atoms with van der Waals surface area (Å²) in [6, 6.07) is 14.6. The lowest BCUT2D eigenvalue weighted by molar-refractivity contribution is -0.138. The normalized spacial score (nSPS) is 15.6. The molecule has 2 aromatic carbocycles. The zero-order chi connectivity index (χ0) is 23.5. The lowest BCUT2D eigenvalue weighted by Crippen LogP contribution is -2.39. The first-order chi connectivity index (χ1) is 15.9. The molecule has 0 spiro atoms. The highest BCUT2D eigenvalue weighted by molar-refractivity contribution is 7.07. The van der Waals surface area contributed by atoms with Crippen molar-refractivity contribution in [3.63, 3.8) is 0 Å². The van der Waals surface area contributed by atoms with Crippen LogP contribution in [0.15, 0.2) is 82.2 Å². The van der Waals surface area contributed by atoms with Crippen molar-refractivity contribution in [1.82, 2.24) is 4.57 Å². The fourth-order valence-corrected chi connectivity index (χ4v) is 4.76. The number of nitrogens with zero attached hydrogens (tertiary/aromatic N) is 2. The van der Waals surface area contributed by atoms with E-state index in [0.717, 1.165) is 16.7 Å². The average molecular weight is 461 g/mol. The van der Waals surface area contributed by atoms with Crippen molar-refractivity contribution in [2.75, 3.05) is 13.7 Å². The Hall–Kier alpha value is -3.71. The second kappa shape index (κ2) is 9.42. The van der Waals surface area contributed by atoms with Crippen LogP contribution in [0.5, 0.6) is 5.75 Å². The maximum Gasteiger partial charge on any atom is 0.338 e. The predicted octanol–water partition coefficient (Wildman–Crippen LogP) is 3.28. The van der Waals surface area contributed by atoms with Gasteiger partial charge in [-0.1, -0.05) is 66.0 Å². The minimum absolute atomic E-state index is 0.0722. The van der Waals surface area contributed by atoms with E-state index in [9.17, 15) is 9.59 Å². The van der Waals surface area contributed by atoms with Crippen LogP contribution in [0.4, 0.5) is 0 Å². The third-order valence-electron chi connectivity index (χ3n) is 5.38. The van der Waals surface area contributed by atoms with Crippen LogP contribution in [0.2, 0.25) is 0 Å². The quantitative estimate of drug-likeness (QED) is 0.418. The van der Waals surface area contributed by atoms with Gasteiger partial charge in [0.15, 0.2) is 4.80 Å². The minimum atomic E-state index is -0.662. The summed E-state index contributed by atoms with van der Waals surface area (Å²) in [5.74, 6) is 0.159. The van der Waals surface area contributed by atoms with Crippen molar-refractivity contribution >= 4 is 23.4 Å². The standard InChI is InChI=1S/C26H24N2O4S/c1-5-14-32-25(30)22-17(3)27-26-28(23(22)19-10-12-20(31-4)13-11-19)24(29)21(33-26)15-18-8-6-16(2)7-9-18/h5-13,15,23H,1,14H2,2-4H3/b21-15+/t23-/m1/s1. The molecule has 1 aliphatic rings. The van der Waals surface area contributed by atoms with Crippen LogP contribution in [-0.4, -0.2) is 24.3 Å². The second-order valence-corrected chi connectivity index (χ2v) is 8.66. The summed E-state index contributed by atoms with van der Waals surface area (Å²) >= 11 is 1.30. The molecule has 6 nitrogen and oxygen atoms in total. The van der Waals surface area contributed by atoms with Crippen molar-refractivity contribution in [3.8, 4) is 5.75 Å². The first-order valence-corrected chi connectivity index (χ1v) is 11.3. The molecule has 0 amide bonds. The third-order valence-corrected chi connectivity index (χ3v) is 6.36. The van der Waals surface area contributed by atoms with Gasteiger partial charge in [-0.2, -0.15) is 0 Å². The number of thiazole rings is 1. The van der Waals surface area contributed by atoms with Crippen molar-refractivity contribution in [1.29, 1.82) is 0 Å². The molecule has 0 fully saturated rings. The molecular formula is C26H24N2O4S. The van der Waals surface area contributed by atoms with E-state index in [-0.39, 0.29) is 12.2 Å². The number of methoxy groups -OCH3 is 1. The number of carbonyl (C=O) groups is 1. The molecule has 33 heavy (non-hydrogen) atoms. The molecule has 0 unspecified atom stereocenters. The molecule has 1 aliphatic heterocycles. The van der Waals surface area contributed by atoms with Crippen LogP contribution in [0, 0.1) is 6.92 Å². The van der Waals surface area contributed by atoms with Gasteiger partial charge < -0.3 is 9.47 Å². The largest absolute Gasteiger partial charge is 0.497 e. The van der Waals surface area contributed by atoms with Crippen LogP contribution < -0.4 is 19.6 Å². The van der Waals surface area contributed by atoms with E-state index >= 15 is 0 Å². The molecule has 168 valence electrons. The molecule has 0 aliphatic carbocycles. The van der Waals surface area contributed by atoms with Gasteiger partial charge in [0.25, 0.3) is 5.56 Å². The number of fused-ring (bicyclic) bond motifs is 1. The SMILES string of the molecule is C=CCOC(=O)C1=C(C)N=c2s/c(=C/c3ccc(C)cc3)c(=O)n2[C@@H]1c1ccc(OC)cc1. The van der Waals surface area contributed by atoms with Crippen molar-refractivity contribution in [3.05, 3.63) is 109 Å². The molecule has 0 bridgehead atoms. The molecule has 4 rings (SSSR count). The minimum Gasteiger partial charge on any atom is -0.497 e. The van der Waals surface area contributed by atoms with Gasteiger partial charge in [0.2, 0.25) is 0 Å². The first kappa shape index (κ1) is 22.5. The van der Waals surface area contributed by atoms with Gasteiger partial charge in [-0.05, 0) is 43.2 Å². The number of hydrogen-bond donors (Lipinski definition) is 0. The zero-order valence-corrected chi connectivity index (χ0v) is 19.5. The van der Waals surface area contributed by atoms with Crippen LogP contribution in [0.25, 0.3) is 6.08 Å². The van der Waals surface area contributed by atoms with Gasteiger partial charge in [0.1, 0.15) is 12.4 Å². The summed E-state index contributed by atoms with van der Waals surface area (Å²) in [5, 5.41) is 0. The number of hydrogen-bond acceptors (Lipinski definition) is 6. The molecule has 3 aromatic rings. The Bertz CT molecular complexity index is 1410. The van der Waals surface area contributed by atoms with E-state index in [2.05, 4.69) is 11.6 Å². The maximum atomic E-state index is 13.5. The Morgan fingerprint density at radius 3 is 2.48 bits per heavy atom. The monoisotopic (exact) mass is 460 g/mol. The maximum absolute atomic E-state index is 13.5. The van der Waals surface area contributed by atoms with Gasteiger partial charge in [0, 0.05) is 0 Å². The van der Waals surface area contributed by atoms with Crippen LogP contribution in [0.3, 0.4) is 0 Å². The van der Waals surface area contributed by atoms with Crippen LogP contribution >= 0.6 is 11.3 Å². The highest BCUT2D eigenvalue weighted by Crippen LogP contribution is 2.31. The number of aromatic nitrogens is 1. The van der Waals surface area contributed by atoms with Crippen LogP contribution in [0.1, 0.15) is 29.7 Å². The molecule has 0 N–H and O–H groups in total. The topological polar surface area (TPSA) is 69.9 Å². The average Bonchev–Trinajstić information content (AvgIpc) is 3.12. The predicted molar refractivity (Wildman–Crippen MR) is 129 cm³/mol. The van der Waals surface area contributed by atoms with E-state index < -0.39 is 12.0 Å². The number of carbonyl (C=O) groups excluding carboxylic acids is 1. The molecule has 1 aromatic heterocycles. The number of allylic oxidation sites excluding steroid dienone is 1. The molecule has 0 saturated heterocycles. The summed E-state index contributed by atoms with van der Waals surface area (Å²) in [6.07, 6.45) is 3.36. The lowest BCUT2D eigenvalue weighted by atomic mass is 9.96.